The van der Waals surface area contributed by atoms with E-state index in [2.05, 4.69) is 10.4 Å². The summed E-state index contributed by atoms with van der Waals surface area (Å²) in [6, 6.07) is 9.99. The summed E-state index contributed by atoms with van der Waals surface area (Å²) in [6.45, 7) is 1.59. The van der Waals surface area contributed by atoms with Crippen molar-refractivity contribution < 1.29 is 24.5 Å². The number of methoxy groups -OCH3 is 1. The zero-order chi connectivity index (χ0) is 18.9. The van der Waals surface area contributed by atoms with Gasteiger partial charge in [0.05, 0.1) is 13.3 Å². The van der Waals surface area contributed by atoms with Crippen LogP contribution in [-0.4, -0.2) is 40.5 Å². The molecule has 8 heteroatoms. The Hall–Kier alpha value is -3.55. The van der Waals surface area contributed by atoms with Crippen molar-refractivity contribution in [1.29, 1.82) is 0 Å². The van der Waals surface area contributed by atoms with Crippen LogP contribution in [0.2, 0.25) is 0 Å². The van der Waals surface area contributed by atoms with E-state index in [0.717, 1.165) is 6.07 Å². The highest BCUT2D eigenvalue weighted by atomic mass is 16.5. The summed E-state index contributed by atoms with van der Waals surface area (Å²) in [4.78, 5) is 25.0. The van der Waals surface area contributed by atoms with Gasteiger partial charge >= 0.3 is 6.03 Å². The van der Waals surface area contributed by atoms with Crippen LogP contribution in [0.5, 0.6) is 17.2 Å². The standard InChI is InChI=1S/C18H17N3O5/c1-18(12-4-7-14(26-2)8-5-12)16(24)21(17(25)20-18)19-10-11-3-6-13(22)9-15(11)23/h3-10,22-23H,1-2H3,(H,20,25)/b19-10+/t18-/m1/s1. The lowest BCUT2D eigenvalue weighted by molar-refractivity contribution is -0.131. The molecule has 1 heterocycles. The maximum atomic E-state index is 12.7. The van der Waals surface area contributed by atoms with Crippen LogP contribution in [0.15, 0.2) is 47.6 Å². The molecule has 1 atom stereocenters. The molecule has 0 unspecified atom stereocenters. The number of carbonyl (C=O) groups excluding carboxylic acids is 2. The molecule has 3 N–H and O–H groups in total. The number of phenolic OH excluding ortho intramolecular Hbond substituents is 2. The molecule has 1 aliphatic rings. The number of nitrogens with zero attached hydrogens (tertiary/aromatic N) is 2. The molecular formula is C18H17N3O5. The number of amides is 3. The van der Waals surface area contributed by atoms with Gasteiger partial charge in [0.15, 0.2) is 0 Å². The van der Waals surface area contributed by atoms with E-state index in [1.165, 1.54) is 25.5 Å². The highest BCUT2D eigenvalue weighted by molar-refractivity contribution is 6.07. The molecule has 26 heavy (non-hydrogen) atoms. The van der Waals surface area contributed by atoms with Gasteiger partial charge < -0.3 is 20.3 Å². The van der Waals surface area contributed by atoms with Crippen LogP contribution in [0, 0.1) is 0 Å². The van der Waals surface area contributed by atoms with E-state index in [-0.39, 0.29) is 17.1 Å². The van der Waals surface area contributed by atoms with Crippen LogP contribution in [0.4, 0.5) is 4.79 Å². The Morgan fingerprint density at radius 1 is 1.15 bits per heavy atom. The predicted octanol–water partition coefficient (Wildman–Crippen LogP) is 1.91. The Balaban J connectivity index is 1.87. The summed E-state index contributed by atoms with van der Waals surface area (Å²) in [7, 11) is 1.54. The van der Waals surface area contributed by atoms with Gasteiger partial charge in [-0.1, -0.05) is 12.1 Å². The van der Waals surface area contributed by atoms with Gasteiger partial charge in [0.25, 0.3) is 5.91 Å². The summed E-state index contributed by atoms with van der Waals surface area (Å²) in [5, 5.41) is 26.3. The number of hydrogen-bond acceptors (Lipinski definition) is 6. The molecule has 0 saturated carbocycles. The fourth-order valence-corrected chi connectivity index (χ4v) is 2.61. The van der Waals surface area contributed by atoms with Crippen LogP contribution >= 0.6 is 0 Å². The second-order valence-corrected chi connectivity index (χ2v) is 5.89. The molecule has 3 amide bonds. The molecule has 0 bridgehead atoms. The molecule has 134 valence electrons. The fourth-order valence-electron chi connectivity index (χ4n) is 2.61. The minimum atomic E-state index is -1.27. The van der Waals surface area contributed by atoms with Crippen LogP contribution < -0.4 is 10.1 Å². The molecule has 3 rings (SSSR count). The van der Waals surface area contributed by atoms with Crippen molar-refractivity contribution in [2.45, 2.75) is 12.5 Å². The van der Waals surface area contributed by atoms with Crippen molar-refractivity contribution in [3.63, 3.8) is 0 Å². The topological polar surface area (TPSA) is 111 Å². The van der Waals surface area contributed by atoms with Crippen molar-refractivity contribution in [3.8, 4) is 17.2 Å². The van der Waals surface area contributed by atoms with Crippen molar-refractivity contribution in [2.24, 2.45) is 5.10 Å². The number of benzene rings is 2. The number of hydrogen-bond donors (Lipinski definition) is 3. The third-order valence-corrected chi connectivity index (χ3v) is 4.16. The third kappa shape index (κ3) is 2.92. The average molecular weight is 355 g/mol. The van der Waals surface area contributed by atoms with E-state index in [9.17, 15) is 19.8 Å². The summed E-state index contributed by atoms with van der Waals surface area (Å²) in [5.41, 5.74) is -0.430. The largest absolute Gasteiger partial charge is 0.508 e. The van der Waals surface area contributed by atoms with E-state index in [1.54, 1.807) is 31.2 Å². The number of rotatable bonds is 4. The molecule has 8 nitrogen and oxygen atoms in total. The first-order valence-corrected chi connectivity index (χ1v) is 7.72. The van der Waals surface area contributed by atoms with E-state index >= 15 is 0 Å². The molecule has 1 fully saturated rings. The molecule has 0 aliphatic carbocycles. The third-order valence-electron chi connectivity index (χ3n) is 4.16. The highest BCUT2D eigenvalue weighted by Crippen LogP contribution is 2.30. The first kappa shape index (κ1) is 17.3. The predicted molar refractivity (Wildman–Crippen MR) is 93.1 cm³/mol. The summed E-state index contributed by atoms with van der Waals surface area (Å²) < 4.78 is 5.09. The highest BCUT2D eigenvalue weighted by Gasteiger charge is 2.49. The molecule has 1 saturated heterocycles. The smallest absolute Gasteiger partial charge is 0.346 e. The monoisotopic (exact) mass is 355 g/mol. The van der Waals surface area contributed by atoms with Crippen LogP contribution in [0.3, 0.4) is 0 Å². The molecule has 1 aliphatic heterocycles. The van der Waals surface area contributed by atoms with Gasteiger partial charge in [0.2, 0.25) is 0 Å². The quantitative estimate of drug-likeness (QED) is 0.573. The van der Waals surface area contributed by atoms with Crippen molar-refractivity contribution in [3.05, 3.63) is 53.6 Å². The molecule has 0 spiro atoms. The molecule has 0 aromatic heterocycles. The van der Waals surface area contributed by atoms with E-state index in [0.29, 0.717) is 16.3 Å². The maximum Gasteiger partial charge on any atom is 0.346 e. The number of aromatic hydroxyl groups is 2. The second-order valence-electron chi connectivity index (χ2n) is 5.89. The van der Waals surface area contributed by atoms with E-state index in [1.807, 2.05) is 0 Å². The van der Waals surface area contributed by atoms with Crippen LogP contribution in [0.25, 0.3) is 0 Å². The Bertz CT molecular complexity index is 894. The first-order valence-electron chi connectivity index (χ1n) is 7.72. The molecule has 2 aromatic rings. The van der Waals surface area contributed by atoms with Crippen molar-refractivity contribution in [1.82, 2.24) is 10.3 Å². The first-order chi connectivity index (χ1) is 12.3. The van der Waals surface area contributed by atoms with Gasteiger partial charge in [-0.2, -0.15) is 5.10 Å². The molecule has 0 radical (unpaired) electrons. The average Bonchev–Trinajstić information content (AvgIpc) is 2.84. The van der Waals surface area contributed by atoms with E-state index in [4.69, 9.17) is 4.74 Å². The zero-order valence-corrected chi connectivity index (χ0v) is 14.1. The Morgan fingerprint density at radius 2 is 1.85 bits per heavy atom. The number of phenols is 2. The Morgan fingerprint density at radius 3 is 2.46 bits per heavy atom. The van der Waals surface area contributed by atoms with Gasteiger partial charge in [-0.15, -0.1) is 5.01 Å². The summed E-state index contributed by atoms with van der Waals surface area (Å²) in [5.74, 6) is -0.255. The Kier molecular flexibility index (Phi) is 4.25. The van der Waals surface area contributed by atoms with Gasteiger partial charge in [0, 0.05) is 11.6 Å². The van der Waals surface area contributed by atoms with Gasteiger partial charge in [-0.05, 0) is 36.8 Å². The van der Waals surface area contributed by atoms with Crippen LogP contribution in [-0.2, 0) is 10.3 Å². The van der Waals surface area contributed by atoms with Gasteiger partial charge in [-0.3, -0.25) is 4.79 Å². The fraction of sp³-hybridized carbons (Fsp3) is 0.167. The van der Waals surface area contributed by atoms with Gasteiger partial charge in [0.1, 0.15) is 22.8 Å². The zero-order valence-electron chi connectivity index (χ0n) is 14.1. The SMILES string of the molecule is COc1ccc([C@@]2(C)NC(=O)N(/N=C/c3ccc(O)cc3O)C2=O)cc1. The number of nitrogens with one attached hydrogen (secondary N) is 1. The number of hydrazone groups is 1. The van der Waals surface area contributed by atoms with Crippen molar-refractivity contribution in [2.75, 3.05) is 7.11 Å². The lowest BCUT2D eigenvalue weighted by Crippen LogP contribution is -2.40. The normalized spacial score (nSPS) is 19.8. The summed E-state index contributed by atoms with van der Waals surface area (Å²) in [6.07, 6.45) is 1.17. The summed E-state index contributed by atoms with van der Waals surface area (Å²) >= 11 is 0. The van der Waals surface area contributed by atoms with Crippen molar-refractivity contribution >= 4 is 18.2 Å². The molecule has 2 aromatic carbocycles. The number of ether oxygens (including phenoxy) is 1. The van der Waals surface area contributed by atoms with Crippen LogP contribution in [0.1, 0.15) is 18.1 Å². The lowest BCUT2D eigenvalue weighted by atomic mass is 9.92. The number of imide groups is 1. The second kappa shape index (κ2) is 6.40. The minimum Gasteiger partial charge on any atom is -0.508 e. The maximum absolute atomic E-state index is 12.7. The number of urea groups is 1. The van der Waals surface area contributed by atoms with E-state index < -0.39 is 17.5 Å². The Labute approximate surface area is 149 Å². The van der Waals surface area contributed by atoms with Gasteiger partial charge in [-0.25, -0.2) is 4.79 Å². The molecular weight excluding hydrogens is 338 g/mol. The lowest BCUT2D eigenvalue weighted by Gasteiger charge is -2.21. The number of carbonyl (C=O) groups is 2. The minimum absolute atomic E-state index is 0.110.